The molecule has 1 fully saturated rings. The minimum Gasteiger partial charge on any atom is -0.493 e. The Morgan fingerprint density at radius 1 is 1.18 bits per heavy atom. The fourth-order valence-corrected chi connectivity index (χ4v) is 7.85. The molecule has 6 atom stereocenters. The summed E-state index contributed by atoms with van der Waals surface area (Å²) in [6.45, 7) is 6.06. The third kappa shape index (κ3) is 10.1. The number of rotatable bonds is 14. The molecule has 4 rings (SSSR count). The van der Waals surface area contributed by atoms with Crippen LogP contribution in [0.4, 0.5) is 0 Å². The molecule has 0 bridgehead atoms. The number of amides is 2. The van der Waals surface area contributed by atoms with Gasteiger partial charge in [-0.2, -0.15) is 0 Å². The molecule has 2 aromatic rings. The summed E-state index contributed by atoms with van der Waals surface area (Å²) in [5.41, 5.74) is 1.23. The first-order valence-corrected chi connectivity index (χ1v) is 18.3. The molecule has 13 heteroatoms. The van der Waals surface area contributed by atoms with E-state index in [2.05, 4.69) is 26.1 Å². The third-order valence-corrected chi connectivity index (χ3v) is 10.7. The third-order valence-electron chi connectivity index (χ3n) is 9.31. The smallest absolute Gasteiger partial charge is 0.249 e. The largest absolute Gasteiger partial charge is 0.493 e. The highest BCUT2D eigenvalue weighted by Gasteiger charge is 2.42. The van der Waals surface area contributed by atoms with Gasteiger partial charge < -0.3 is 34.6 Å². The molecule has 0 aliphatic heterocycles. The van der Waals surface area contributed by atoms with Gasteiger partial charge in [0.05, 0.1) is 29.4 Å². The van der Waals surface area contributed by atoms with Crippen LogP contribution in [-0.4, -0.2) is 84.4 Å². The Balaban J connectivity index is 1.72. The average Bonchev–Trinajstić information content (AvgIpc) is 3.07. The van der Waals surface area contributed by atoms with Crippen molar-refractivity contribution in [3.05, 3.63) is 66.7 Å². The molecule has 1 saturated carbocycles. The molecule has 2 aliphatic carbocycles. The van der Waals surface area contributed by atoms with Crippen molar-refractivity contribution < 1.29 is 38.8 Å². The molecule has 0 saturated heterocycles. The quantitative estimate of drug-likeness (QED) is 0.160. The van der Waals surface area contributed by atoms with Crippen molar-refractivity contribution in [3.63, 3.8) is 0 Å². The van der Waals surface area contributed by atoms with E-state index in [0.717, 1.165) is 19.3 Å². The number of aliphatic hydroxyl groups excluding tert-OH is 2. The molecule has 2 aromatic carbocycles. The lowest BCUT2D eigenvalue weighted by molar-refractivity contribution is -0.149. The summed E-state index contributed by atoms with van der Waals surface area (Å²) in [7, 11) is 1.43. The highest BCUT2D eigenvalue weighted by Crippen LogP contribution is 2.38. The van der Waals surface area contributed by atoms with Crippen molar-refractivity contribution in [1.82, 2.24) is 10.2 Å². The summed E-state index contributed by atoms with van der Waals surface area (Å²) in [5, 5.41) is 24.8. The Kier molecular flexibility index (Phi) is 14.6. The van der Waals surface area contributed by atoms with E-state index in [1.165, 1.54) is 24.2 Å². The Labute approximate surface area is 311 Å². The van der Waals surface area contributed by atoms with Crippen molar-refractivity contribution in [2.24, 2.45) is 17.8 Å². The van der Waals surface area contributed by atoms with Gasteiger partial charge in [-0.05, 0) is 89.1 Å². The molecule has 3 N–H and O–H groups in total. The molecular formula is C36H45Cl2IN2O8. The molecule has 2 amide bonds. The number of nitrogens with zero attached hydrogens (tertiary/aromatic N) is 1. The van der Waals surface area contributed by atoms with Crippen LogP contribution in [0.15, 0.2) is 42.0 Å². The summed E-state index contributed by atoms with van der Waals surface area (Å²) < 4.78 is 18.8. The molecule has 0 unspecified atom stereocenters. The molecular weight excluding hydrogens is 786 g/mol. The minimum absolute atomic E-state index is 0.00173. The number of hydrogen-bond acceptors (Lipinski definition) is 8. The zero-order valence-electron chi connectivity index (χ0n) is 28.2. The number of hydrogen-bond donors (Lipinski definition) is 3. The number of carbonyl (C=O) groups excluding carboxylic acids is 3. The van der Waals surface area contributed by atoms with Gasteiger partial charge in [-0.25, -0.2) is 0 Å². The van der Waals surface area contributed by atoms with Gasteiger partial charge in [0.25, 0.3) is 0 Å². The first-order valence-electron chi connectivity index (χ1n) is 16.5. The maximum Gasteiger partial charge on any atom is 0.249 e. The summed E-state index contributed by atoms with van der Waals surface area (Å²) in [4.78, 5) is 40.6. The molecule has 0 radical (unpaired) electrons. The van der Waals surface area contributed by atoms with Crippen LogP contribution in [0.3, 0.4) is 0 Å². The first-order chi connectivity index (χ1) is 23.4. The van der Waals surface area contributed by atoms with Crippen LogP contribution in [0, 0.1) is 21.3 Å². The second-order valence-corrected chi connectivity index (χ2v) is 15.1. The van der Waals surface area contributed by atoms with Crippen molar-refractivity contribution in [3.8, 4) is 11.5 Å². The van der Waals surface area contributed by atoms with Crippen LogP contribution in [-0.2, 0) is 20.9 Å². The number of aldehydes is 1. The van der Waals surface area contributed by atoms with Gasteiger partial charge in [0, 0.05) is 40.7 Å². The summed E-state index contributed by atoms with van der Waals surface area (Å²) >= 11 is 14.8. The lowest BCUT2D eigenvalue weighted by Crippen LogP contribution is -2.55. The molecule has 0 heterocycles. The van der Waals surface area contributed by atoms with Crippen molar-refractivity contribution in [1.29, 1.82) is 0 Å². The van der Waals surface area contributed by atoms with Crippen molar-refractivity contribution >= 4 is 63.9 Å². The molecule has 268 valence electrons. The molecule has 0 spiro atoms. The zero-order chi connectivity index (χ0) is 35.8. The van der Waals surface area contributed by atoms with E-state index >= 15 is 0 Å². The normalized spacial score (nSPS) is 23.8. The van der Waals surface area contributed by atoms with E-state index in [9.17, 15) is 24.6 Å². The Morgan fingerprint density at radius 2 is 1.94 bits per heavy atom. The highest BCUT2D eigenvalue weighted by molar-refractivity contribution is 14.1. The lowest BCUT2D eigenvalue weighted by atomic mass is 9.75. The van der Waals surface area contributed by atoms with Gasteiger partial charge in [0.1, 0.15) is 25.1 Å². The molecule has 2 aliphatic rings. The molecule has 49 heavy (non-hydrogen) atoms. The maximum atomic E-state index is 14.3. The van der Waals surface area contributed by atoms with Gasteiger partial charge in [-0.15, -0.1) is 0 Å². The van der Waals surface area contributed by atoms with Gasteiger partial charge in [-0.3, -0.25) is 14.4 Å². The lowest BCUT2D eigenvalue weighted by Gasteiger charge is -2.41. The van der Waals surface area contributed by atoms with Crippen LogP contribution in [0.2, 0.25) is 10.0 Å². The fraction of sp³-hybridized carbons (Fsp3) is 0.528. The maximum absolute atomic E-state index is 14.3. The number of halogens is 3. The SMILES string of the molecule is COc1cc(C=O)cc(I)c1O[C@H]1C=C(C(=O)NCCO)C[C@@H](N(Cc2ccc(Cl)cc2Cl)C(=O)CO[C@H]2C[C@@H](C)CC[C@@H]2C(C)C)[C@@H]1O. The standard InChI is InChI=1S/C36H45Cl2IN2O8/c1-20(2)26-8-5-21(3)11-30(26)48-19-33(44)41(17-23-6-7-25(37)16-27(23)38)29-14-24(36(46)40-9-10-42)15-31(34(29)45)49-35-28(39)12-22(18-43)13-32(35)47-4/h6-7,12-13,15-16,18,20-21,26,29-31,34,42,45H,5,8-11,14,17,19H2,1-4H3,(H,40,46)/t21-,26+,29+,30-,31-,34-/m0/s1. The Hall–Kier alpha value is -2.42. The average molecular weight is 832 g/mol. The van der Waals surface area contributed by atoms with Gasteiger partial charge in [0.2, 0.25) is 11.8 Å². The van der Waals surface area contributed by atoms with Crippen molar-refractivity contribution in [2.75, 3.05) is 26.9 Å². The van der Waals surface area contributed by atoms with E-state index in [1.807, 2.05) is 22.6 Å². The van der Waals surface area contributed by atoms with E-state index < -0.39 is 24.2 Å². The predicted octanol–water partition coefficient (Wildman–Crippen LogP) is 5.84. The number of aliphatic hydroxyl groups is 2. The number of nitrogens with one attached hydrogen (secondary N) is 1. The second kappa shape index (κ2) is 18.2. The van der Waals surface area contributed by atoms with Gasteiger partial charge in [0.15, 0.2) is 11.5 Å². The van der Waals surface area contributed by atoms with Crippen LogP contribution in [0.1, 0.15) is 62.4 Å². The van der Waals surface area contributed by atoms with E-state index in [-0.39, 0.29) is 61.8 Å². The van der Waals surface area contributed by atoms with E-state index in [4.69, 9.17) is 37.4 Å². The fourth-order valence-electron chi connectivity index (χ4n) is 6.63. The van der Waals surface area contributed by atoms with Crippen molar-refractivity contribution in [2.45, 2.75) is 77.4 Å². The summed E-state index contributed by atoms with van der Waals surface area (Å²) in [6, 6.07) is 7.16. The Morgan fingerprint density at radius 3 is 2.59 bits per heavy atom. The number of ether oxygens (including phenoxy) is 3. The van der Waals surface area contributed by atoms with Crippen LogP contribution >= 0.6 is 45.8 Å². The minimum atomic E-state index is -1.31. The van der Waals surface area contributed by atoms with Gasteiger partial charge >= 0.3 is 0 Å². The van der Waals surface area contributed by atoms with Crippen LogP contribution in [0.5, 0.6) is 11.5 Å². The van der Waals surface area contributed by atoms with Crippen LogP contribution in [0.25, 0.3) is 0 Å². The van der Waals surface area contributed by atoms with E-state index in [0.29, 0.717) is 48.8 Å². The topological polar surface area (TPSA) is 135 Å². The summed E-state index contributed by atoms with van der Waals surface area (Å²) in [6.07, 6.45) is 2.66. The summed E-state index contributed by atoms with van der Waals surface area (Å²) in [5.74, 6) is 0.851. The van der Waals surface area contributed by atoms with Gasteiger partial charge in [-0.1, -0.05) is 56.5 Å². The van der Waals surface area contributed by atoms with E-state index in [1.54, 1.807) is 24.3 Å². The van der Waals surface area contributed by atoms with Crippen LogP contribution < -0.4 is 14.8 Å². The first kappa shape index (κ1) is 39.4. The number of benzene rings is 2. The number of carbonyl (C=O) groups is 3. The second-order valence-electron chi connectivity index (χ2n) is 13.1. The molecule has 10 nitrogen and oxygen atoms in total. The monoisotopic (exact) mass is 830 g/mol. The highest BCUT2D eigenvalue weighted by atomic mass is 127. The number of methoxy groups -OCH3 is 1. The Bertz CT molecular complexity index is 1520. The predicted molar refractivity (Wildman–Crippen MR) is 196 cm³/mol. The zero-order valence-corrected chi connectivity index (χ0v) is 31.8. The molecule has 0 aromatic heterocycles.